The summed E-state index contributed by atoms with van der Waals surface area (Å²) in [6.07, 6.45) is 0.669. The van der Waals surface area contributed by atoms with Crippen molar-refractivity contribution in [3.63, 3.8) is 0 Å². The van der Waals surface area contributed by atoms with Gasteiger partial charge in [-0.3, -0.25) is 9.59 Å². The van der Waals surface area contributed by atoms with Crippen molar-refractivity contribution in [2.24, 2.45) is 0 Å². The van der Waals surface area contributed by atoms with Crippen LogP contribution in [0.4, 0.5) is 0 Å². The molecule has 152 valence electrons. The predicted octanol–water partition coefficient (Wildman–Crippen LogP) is 4.19. The first-order valence-electron chi connectivity index (χ1n) is 9.19. The molecule has 7 heteroatoms. The largest absolute Gasteiger partial charge is 0.507 e. The van der Waals surface area contributed by atoms with Crippen molar-refractivity contribution < 1.29 is 24.2 Å². The van der Waals surface area contributed by atoms with Crippen LogP contribution < -0.4 is 9.47 Å². The van der Waals surface area contributed by atoms with Crippen molar-refractivity contribution in [3.05, 3.63) is 64.2 Å². The SMILES string of the molecule is CCCN1C(=O)C(=O)/C(=C(\O)c2ccc(Cl)c(OC)c2)C1c1cccc(OC)c1. The summed E-state index contributed by atoms with van der Waals surface area (Å²) in [5, 5.41) is 11.4. The van der Waals surface area contributed by atoms with Crippen molar-refractivity contribution in [1.29, 1.82) is 0 Å². The lowest BCUT2D eigenvalue weighted by Gasteiger charge is -2.25. The van der Waals surface area contributed by atoms with E-state index in [-0.39, 0.29) is 11.3 Å². The van der Waals surface area contributed by atoms with Gasteiger partial charge in [0.1, 0.15) is 17.3 Å². The highest BCUT2D eigenvalue weighted by atomic mass is 35.5. The number of methoxy groups -OCH3 is 2. The normalized spacial score (nSPS) is 18.2. The molecule has 6 nitrogen and oxygen atoms in total. The molecule has 0 saturated carbocycles. The number of carbonyl (C=O) groups is 2. The Labute approximate surface area is 174 Å². The summed E-state index contributed by atoms with van der Waals surface area (Å²) in [6.45, 7) is 2.30. The molecule has 0 aromatic heterocycles. The second-order valence-electron chi connectivity index (χ2n) is 6.62. The lowest BCUT2D eigenvalue weighted by atomic mass is 9.95. The van der Waals surface area contributed by atoms with Crippen LogP contribution in [0, 0.1) is 0 Å². The standard InChI is InChI=1S/C22H22ClNO5/c1-4-10-24-19(13-6-5-7-15(11-13)28-2)18(21(26)22(24)27)20(25)14-8-9-16(23)17(12-14)29-3/h5-9,11-12,19,25H,4,10H2,1-3H3/b20-18-. The number of rotatable bonds is 6. The summed E-state index contributed by atoms with van der Waals surface area (Å²) in [7, 11) is 3.00. The molecule has 1 N–H and O–H groups in total. The number of carbonyl (C=O) groups excluding carboxylic acids is 2. The third kappa shape index (κ3) is 3.80. The summed E-state index contributed by atoms with van der Waals surface area (Å²) in [5.41, 5.74) is 1.05. The smallest absolute Gasteiger partial charge is 0.295 e. The molecule has 1 aliphatic rings. The van der Waals surface area contributed by atoms with Crippen LogP contribution in [-0.4, -0.2) is 42.5 Å². The number of ether oxygens (including phenoxy) is 2. The minimum atomic E-state index is -0.724. The average Bonchev–Trinajstić information content (AvgIpc) is 2.99. The number of benzene rings is 2. The number of nitrogens with zero attached hydrogens (tertiary/aromatic N) is 1. The maximum absolute atomic E-state index is 12.9. The number of Topliss-reactive ketones (excluding diaryl/α,β-unsaturated/α-hetero) is 1. The van der Waals surface area contributed by atoms with Gasteiger partial charge in [-0.25, -0.2) is 0 Å². The minimum absolute atomic E-state index is 0.0288. The van der Waals surface area contributed by atoms with Gasteiger partial charge in [0.25, 0.3) is 11.7 Å². The Balaban J connectivity index is 2.21. The van der Waals surface area contributed by atoms with Crippen LogP contribution in [0.3, 0.4) is 0 Å². The Morgan fingerprint density at radius 2 is 1.90 bits per heavy atom. The summed E-state index contributed by atoms with van der Waals surface area (Å²) >= 11 is 6.07. The zero-order chi connectivity index (χ0) is 21.1. The second kappa shape index (κ2) is 8.57. The highest BCUT2D eigenvalue weighted by Gasteiger charge is 2.45. The van der Waals surface area contributed by atoms with E-state index in [2.05, 4.69) is 0 Å². The van der Waals surface area contributed by atoms with Crippen molar-refractivity contribution in [2.75, 3.05) is 20.8 Å². The van der Waals surface area contributed by atoms with Crippen LogP contribution in [0.25, 0.3) is 5.76 Å². The number of aliphatic hydroxyl groups excluding tert-OH is 1. The van der Waals surface area contributed by atoms with Crippen LogP contribution in [0.2, 0.25) is 5.02 Å². The molecule has 1 saturated heterocycles. The summed E-state index contributed by atoms with van der Waals surface area (Å²) in [4.78, 5) is 27.1. The molecule has 1 amide bonds. The van der Waals surface area contributed by atoms with Gasteiger partial charge in [0.05, 0.1) is 30.9 Å². The summed E-state index contributed by atoms with van der Waals surface area (Å²) in [6, 6.07) is 11.1. The molecule has 1 aliphatic heterocycles. The van der Waals surface area contributed by atoms with Crippen molar-refractivity contribution in [2.45, 2.75) is 19.4 Å². The number of hydrogen-bond acceptors (Lipinski definition) is 5. The molecule has 0 aliphatic carbocycles. The molecule has 1 heterocycles. The van der Waals surface area contributed by atoms with Gasteiger partial charge in [0.2, 0.25) is 0 Å². The Kier molecular flexibility index (Phi) is 6.13. The molecule has 0 bridgehead atoms. The Morgan fingerprint density at radius 3 is 2.55 bits per heavy atom. The monoisotopic (exact) mass is 415 g/mol. The first kappa shape index (κ1) is 20.7. The fourth-order valence-electron chi connectivity index (χ4n) is 3.47. The van der Waals surface area contributed by atoms with Crippen molar-refractivity contribution in [3.8, 4) is 11.5 Å². The highest BCUT2D eigenvalue weighted by Crippen LogP contribution is 2.41. The number of ketones is 1. The number of likely N-dealkylation sites (tertiary alicyclic amines) is 1. The summed E-state index contributed by atoms with van der Waals surface area (Å²) in [5.74, 6) is -0.682. The Hall–Kier alpha value is -2.99. The molecular formula is C22H22ClNO5. The number of aliphatic hydroxyl groups is 1. The van der Waals surface area contributed by atoms with Gasteiger partial charge >= 0.3 is 0 Å². The lowest BCUT2D eigenvalue weighted by molar-refractivity contribution is -0.139. The maximum Gasteiger partial charge on any atom is 0.295 e. The van der Waals surface area contributed by atoms with Crippen LogP contribution in [0.5, 0.6) is 11.5 Å². The first-order chi connectivity index (χ1) is 13.9. The lowest BCUT2D eigenvalue weighted by Crippen LogP contribution is -2.30. The van der Waals surface area contributed by atoms with Gasteiger partial charge < -0.3 is 19.5 Å². The van der Waals surface area contributed by atoms with E-state index in [1.165, 1.54) is 18.1 Å². The molecule has 1 fully saturated rings. The number of amides is 1. The van der Waals surface area contributed by atoms with Crippen LogP contribution >= 0.6 is 11.6 Å². The van der Waals surface area contributed by atoms with Gasteiger partial charge in [-0.1, -0.05) is 30.7 Å². The predicted molar refractivity (Wildman–Crippen MR) is 110 cm³/mol. The molecule has 1 unspecified atom stereocenters. The number of halogens is 1. The molecule has 1 atom stereocenters. The molecule has 2 aromatic carbocycles. The first-order valence-corrected chi connectivity index (χ1v) is 9.57. The maximum atomic E-state index is 12.9. The topological polar surface area (TPSA) is 76.1 Å². The quantitative estimate of drug-likeness (QED) is 0.435. The van der Waals surface area contributed by atoms with E-state index in [9.17, 15) is 14.7 Å². The minimum Gasteiger partial charge on any atom is -0.507 e. The molecule has 29 heavy (non-hydrogen) atoms. The Morgan fingerprint density at radius 1 is 1.14 bits per heavy atom. The fraction of sp³-hybridized carbons (Fsp3) is 0.273. The van der Waals surface area contributed by atoms with Gasteiger partial charge in [-0.15, -0.1) is 0 Å². The van der Waals surface area contributed by atoms with E-state index < -0.39 is 17.7 Å². The number of hydrogen-bond donors (Lipinski definition) is 1. The van der Waals surface area contributed by atoms with E-state index in [1.807, 2.05) is 6.92 Å². The molecule has 0 spiro atoms. The van der Waals surface area contributed by atoms with E-state index in [4.69, 9.17) is 21.1 Å². The van der Waals surface area contributed by atoms with E-state index in [0.717, 1.165) is 0 Å². The summed E-state index contributed by atoms with van der Waals surface area (Å²) < 4.78 is 10.5. The van der Waals surface area contributed by atoms with Gasteiger partial charge in [-0.2, -0.15) is 0 Å². The second-order valence-corrected chi connectivity index (χ2v) is 7.03. The third-order valence-electron chi connectivity index (χ3n) is 4.84. The van der Waals surface area contributed by atoms with Crippen molar-refractivity contribution >= 4 is 29.1 Å². The van der Waals surface area contributed by atoms with Crippen molar-refractivity contribution in [1.82, 2.24) is 4.90 Å². The zero-order valence-electron chi connectivity index (χ0n) is 16.4. The molecular weight excluding hydrogens is 394 g/mol. The third-order valence-corrected chi connectivity index (χ3v) is 5.15. The van der Waals surface area contributed by atoms with Crippen LogP contribution in [0.15, 0.2) is 48.0 Å². The van der Waals surface area contributed by atoms with E-state index in [1.54, 1.807) is 43.5 Å². The van der Waals surface area contributed by atoms with Gasteiger partial charge in [0.15, 0.2) is 0 Å². The molecule has 2 aromatic rings. The van der Waals surface area contributed by atoms with E-state index >= 15 is 0 Å². The average molecular weight is 416 g/mol. The van der Waals surface area contributed by atoms with Gasteiger partial charge in [0, 0.05) is 12.1 Å². The van der Waals surface area contributed by atoms with Gasteiger partial charge in [-0.05, 0) is 42.3 Å². The molecule has 0 radical (unpaired) electrons. The Bertz CT molecular complexity index is 985. The van der Waals surface area contributed by atoms with Crippen LogP contribution in [-0.2, 0) is 9.59 Å². The fourth-order valence-corrected chi connectivity index (χ4v) is 3.67. The van der Waals surface area contributed by atoms with Crippen LogP contribution in [0.1, 0.15) is 30.5 Å². The zero-order valence-corrected chi connectivity index (χ0v) is 17.2. The molecule has 3 rings (SSSR count). The highest BCUT2D eigenvalue weighted by molar-refractivity contribution is 6.46. The van der Waals surface area contributed by atoms with E-state index in [0.29, 0.717) is 40.6 Å².